The van der Waals surface area contributed by atoms with E-state index in [0.717, 1.165) is 0 Å². The predicted octanol–water partition coefficient (Wildman–Crippen LogP) is 1.86. The van der Waals surface area contributed by atoms with E-state index in [1.54, 1.807) is 17.7 Å². The van der Waals surface area contributed by atoms with E-state index in [9.17, 15) is 4.79 Å². The van der Waals surface area contributed by atoms with Crippen LogP contribution >= 0.6 is 22.9 Å². The standard InChI is InChI=1S/C5H2ClOS/c6-5-1-4(2-7)3-8-5/h1,3H. The van der Waals surface area contributed by atoms with Crippen molar-refractivity contribution in [1.82, 2.24) is 0 Å². The summed E-state index contributed by atoms with van der Waals surface area (Å²) in [6.07, 6.45) is 1.72. The van der Waals surface area contributed by atoms with Crippen LogP contribution in [-0.4, -0.2) is 6.29 Å². The summed E-state index contributed by atoms with van der Waals surface area (Å²) in [5.41, 5.74) is 0.528. The highest BCUT2D eigenvalue weighted by molar-refractivity contribution is 7.14. The molecular formula is C5H2ClOS. The maximum atomic E-state index is 9.84. The molecule has 0 amide bonds. The smallest absolute Gasteiger partial charge is 0.234 e. The highest BCUT2D eigenvalue weighted by Crippen LogP contribution is 2.17. The molecule has 0 bridgehead atoms. The lowest BCUT2D eigenvalue weighted by molar-refractivity contribution is 0.563. The number of carbonyl (C=O) groups excluding carboxylic acids is 1. The third-order valence-electron chi connectivity index (χ3n) is 0.685. The Balaban J connectivity index is 3.00. The van der Waals surface area contributed by atoms with Gasteiger partial charge < -0.3 is 0 Å². The topological polar surface area (TPSA) is 17.1 Å². The van der Waals surface area contributed by atoms with Crippen molar-refractivity contribution in [2.45, 2.75) is 0 Å². The zero-order valence-corrected chi connectivity index (χ0v) is 5.42. The van der Waals surface area contributed by atoms with Crippen molar-refractivity contribution >= 4 is 29.2 Å². The largest absolute Gasteiger partial charge is 0.285 e. The van der Waals surface area contributed by atoms with Crippen LogP contribution in [0.5, 0.6) is 0 Å². The van der Waals surface area contributed by atoms with Crippen LogP contribution in [0.15, 0.2) is 11.4 Å². The molecule has 1 heterocycles. The summed E-state index contributed by atoms with van der Waals surface area (Å²) in [6, 6.07) is 1.58. The summed E-state index contributed by atoms with van der Waals surface area (Å²) < 4.78 is 0.628. The van der Waals surface area contributed by atoms with Crippen LogP contribution in [0.4, 0.5) is 0 Å². The quantitative estimate of drug-likeness (QED) is 0.590. The molecule has 0 N–H and O–H groups in total. The van der Waals surface area contributed by atoms with Gasteiger partial charge in [0.15, 0.2) is 0 Å². The van der Waals surface area contributed by atoms with E-state index in [1.807, 2.05) is 0 Å². The Morgan fingerprint density at radius 1 is 1.75 bits per heavy atom. The Morgan fingerprint density at radius 3 is 2.75 bits per heavy atom. The van der Waals surface area contributed by atoms with Crippen LogP contribution in [0.1, 0.15) is 5.56 Å². The van der Waals surface area contributed by atoms with Crippen LogP contribution in [-0.2, 0) is 4.79 Å². The van der Waals surface area contributed by atoms with Crippen molar-refractivity contribution in [3.05, 3.63) is 21.3 Å². The summed E-state index contributed by atoms with van der Waals surface area (Å²) >= 11 is 6.81. The summed E-state index contributed by atoms with van der Waals surface area (Å²) in [5, 5.41) is 1.66. The summed E-state index contributed by atoms with van der Waals surface area (Å²) in [4.78, 5) is 9.84. The van der Waals surface area contributed by atoms with Gasteiger partial charge in [-0.2, -0.15) is 0 Å². The fourth-order valence-electron chi connectivity index (χ4n) is 0.364. The average molecular weight is 146 g/mol. The number of thiophene rings is 1. The molecule has 0 aliphatic heterocycles. The molecule has 3 heteroatoms. The number of halogens is 1. The van der Waals surface area contributed by atoms with E-state index in [4.69, 9.17) is 11.6 Å². The van der Waals surface area contributed by atoms with Gasteiger partial charge in [0.1, 0.15) is 0 Å². The highest BCUT2D eigenvalue weighted by Gasteiger charge is 1.93. The Morgan fingerprint density at radius 2 is 2.50 bits per heavy atom. The first-order chi connectivity index (χ1) is 3.83. The van der Waals surface area contributed by atoms with E-state index in [-0.39, 0.29) is 0 Å². The lowest BCUT2D eigenvalue weighted by Gasteiger charge is -1.66. The fraction of sp³-hybridized carbons (Fsp3) is 0. The molecular weight excluding hydrogens is 144 g/mol. The van der Waals surface area contributed by atoms with Gasteiger partial charge in [-0.3, -0.25) is 4.79 Å². The molecule has 0 saturated heterocycles. The van der Waals surface area contributed by atoms with Gasteiger partial charge in [0.2, 0.25) is 6.29 Å². The number of rotatable bonds is 1. The number of hydrogen-bond donors (Lipinski definition) is 0. The molecule has 0 aromatic carbocycles. The van der Waals surface area contributed by atoms with Crippen LogP contribution in [0.3, 0.4) is 0 Å². The Hall–Kier alpha value is -0.340. The third kappa shape index (κ3) is 1.08. The molecule has 0 aliphatic rings. The van der Waals surface area contributed by atoms with E-state index in [2.05, 4.69) is 0 Å². The minimum absolute atomic E-state index is 0.528. The van der Waals surface area contributed by atoms with Crippen LogP contribution in [0.2, 0.25) is 4.34 Å². The highest BCUT2D eigenvalue weighted by atomic mass is 35.5. The van der Waals surface area contributed by atoms with E-state index in [0.29, 0.717) is 9.90 Å². The summed E-state index contributed by atoms with van der Waals surface area (Å²) in [7, 11) is 0. The fourth-order valence-corrected chi connectivity index (χ4v) is 1.17. The average Bonchev–Trinajstić information content (AvgIpc) is 2.14. The molecule has 8 heavy (non-hydrogen) atoms. The van der Waals surface area contributed by atoms with Crippen molar-refractivity contribution in [3.63, 3.8) is 0 Å². The van der Waals surface area contributed by atoms with Crippen molar-refractivity contribution in [2.75, 3.05) is 0 Å². The van der Waals surface area contributed by atoms with Crippen LogP contribution in [0, 0.1) is 0 Å². The first-order valence-corrected chi connectivity index (χ1v) is 3.21. The molecule has 0 aliphatic carbocycles. The first kappa shape index (κ1) is 5.79. The van der Waals surface area contributed by atoms with E-state index >= 15 is 0 Å². The molecule has 1 aromatic rings. The van der Waals surface area contributed by atoms with Gasteiger partial charge in [0.05, 0.1) is 4.34 Å². The molecule has 0 saturated carbocycles. The number of hydrogen-bond acceptors (Lipinski definition) is 2. The Labute approximate surface area is 55.9 Å². The zero-order chi connectivity index (χ0) is 5.98. The van der Waals surface area contributed by atoms with E-state index < -0.39 is 0 Å². The lowest BCUT2D eigenvalue weighted by atomic mass is 10.4. The molecule has 0 unspecified atom stereocenters. The lowest BCUT2D eigenvalue weighted by Crippen LogP contribution is -1.66. The van der Waals surface area contributed by atoms with Gasteiger partial charge in [-0.15, -0.1) is 11.3 Å². The molecule has 0 fully saturated rings. The second-order valence-corrected chi connectivity index (χ2v) is 2.78. The molecule has 41 valence electrons. The monoisotopic (exact) mass is 145 g/mol. The van der Waals surface area contributed by atoms with Crippen molar-refractivity contribution in [3.8, 4) is 0 Å². The Kier molecular flexibility index (Phi) is 1.65. The minimum atomic E-state index is 0.528. The van der Waals surface area contributed by atoms with Crippen LogP contribution in [0.25, 0.3) is 0 Å². The molecule has 1 radical (unpaired) electrons. The van der Waals surface area contributed by atoms with Gasteiger partial charge in [-0.05, 0) is 6.07 Å². The van der Waals surface area contributed by atoms with Gasteiger partial charge in [-0.1, -0.05) is 11.6 Å². The van der Waals surface area contributed by atoms with Crippen LogP contribution < -0.4 is 0 Å². The van der Waals surface area contributed by atoms with Gasteiger partial charge in [-0.25, -0.2) is 0 Å². The second kappa shape index (κ2) is 2.29. The minimum Gasteiger partial charge on any atom is -0.285 e. The molecule has 0 atom stereocenters. The maximum absolute atomic E-state index is 9.84. The molecule has 1 rings (SSSR count). The van der Waals surface area contributed by atoms with Gasteiger partial charge >= 0.3 is 0 Å². The van der Waals surface area contributed by atoms with Crippen molar-refractivity contribution in [2.24, 2.45) is 0 Å². The Bertz CT molecular complexity index is 194. The SMILES string of the molecule is O=[C]c1csc(Cl)c1. The zero-order valence-electron chi connectivity index (χ0n) is 3.85. The second-order valence-electron chi connectivity index (χ2n) is 1.24. The van der Waals surface area contributed by atoms with E-state index in [1.165, 1.54) is 11.3 Å². The first-order valence-electron chi connectivity index (χ1n) is 1.95. The maximum Gasteiger partial charge on any atom is 0.234 e. The van der Waals surface area contributed by atoms with Gasteiger partial charge in [0, 0.05) is 10.9 Å². The van der Waals surface area contributed by atoms with Gasteiger partial charge in [0.25, 0.3) is 0 Å². The summed E-state index contributed by atoms with van der Waals surface area (Å²) in [6.45, 7) is 0. The normalized spacial score (nSPS) is 9.12. The predicted molar refractivity (Wildman–Crippen MR) is 34.1 cm³/mol. The third-order valence-corrected chi connectivity index (χ3v) is 1.78. The van der Waals surface area contributed by atoms with Crippen molar-refractivity contribution < 1.29 is 4.79 Å². The molecule has 1 aromatic heterocycles. The van der Waals surface area contributed by atoms with Crippen molar-refractivity contribution in [1.29, 1.82) is 0 Å². The molecule has 0 spiro atoms. The summed E-state index contributed by atoms with van der Waals surface area (Å²) in [5.74, 6) is 0. The molecule has 1 nitrogen and oxygen atoms in total.